The third-order valence-corrected chi connectivity index (χ3v) is 6.37. The fourth-order valence-electron chi connectivity index (χ4n) is 3.09. The van der Waals surface area contributed by atoms with E-state index in [0.717, 1.165) is 21.7 Å². The molecule has 1 amide bonds. The number of aromatic nitrogens is 3. The lowest BCUT2D eigenvalue weighted by Crippen LogP contribution is -2.16. The van der Waals surface area contributed by atoms with E-state index in [2.05, 4.69) is 15.5 Å². The van der Waals surface area contributed by atoms with Gasteiger partial charge in [0.1, 0.15) is 10.6 Å². The molecule has 4 rings (SSSR count). The molecule has 30 heavy (non-hydrogen) atoms. The molecule has 0 aliphatic heterocycles. The number of anilines is 1. The van der Waals surface area contributed by atoms with E-state index in [1.165, 1.54) is 30.2 Å². The molecule has 3 heterocycles. The molecule has 0 aliphatic rings. The number of rotatable bonds is 6. The summed E-state index contributed by atoms with van der Waals surface area (Å²) in [5, 5.41) is 12.2. The molecule has 0 aliphatic carbocycles. The Hall–Kier alpha value is -3.17. The Bertz CT molecular complexity index is 1220. The highest BCUT2D eigenvalue weighted by Crippen LogP contribution is 2.40. The molecule has 0 bridgehead atoms. The number of thiophene rings is 1. The van der Waals surface area contributed by atoms with Gasteiger partial charge >= 0.3 is 5.97 Å². The van der Waals surface area contributed by atoms with Gasteiger partial charge in [-0.1, -0.05) is 48.2 Å². The maximum atomic E-state index is 12.6. The second-order valence-electron chi connectivity index (χ2n) is 6.34. The predicted octanol–water partition coefficient (Wildman–Crippen LogP) is 4.28. The summed E-state index contributed by atoms with van der Waals surface area (Å²) in [4.78, 5) is 26.1. The number of methoxy groups -OCH3 is 1. The van der Waals surface area contributed by atoms with E-state index in [9.17, 15) is 9.59 Å². The molecular weight excluding hydrogens is 420 g/mol. The summed E-state index contributed by atoms with van der Waals surface area (Å²) in [6, 6.07) is 15.2. The number of hydrogen-bond acceptors (Lipinski definition) is 7. The van der Waals surface area contributed by atoms with E-state index in [0.29, 0.717) is 15.7 Å². The van der Waals surface area contributed by atoms with Crippen LogP contribution in [0.3, 0.4) is 0 Å². The van der Waals surface area contributed by atoms with Crippen molar-refractivity contribution >= 4 is 45.6 Å². The number of nitrogens with zero attached hydrogens (tertiary/aromatic N) is 3. The summed E-state index contributed by atoms with van der Waals surface area (Å²) in [5.41, 5.74) is 2.77. The summed E-state index contributed by atoms with van der Waals surface area (Å²) in [6.07, 6.45) is 1.85. The molecule has 0 spiro atoms. The van der Waals surface area contributed by atoms with Crippen LogP contribution in [0.4, 0.5) is 5.00 Å². The van der Waals surface area contributed by atoms with Gasteiger partial charge in [0.15, 0.2) is 10.8 Å². The number of hydrogen-bond donors (Lipinski definition) is 1. The smallest absolute Gasteiger partial charge is 0.341 e. The topological polar surface area (TPSA) is 85.6 Å². The van der Waals surface area contributed by atoms with Gasteiger partial charge in [-0.25, -0.2) is 4.79 Å². The van der Waals surface area contributed by atoms with E-state index in [4.69, 9.17) is 4.74 Å². The van der Waals surface area contributed by atoms with Crippen molar-refractivity contribution in [1.82, 2.24) is 14.6 Å². The summed E-state index contributed by atoms with van der Waals surface area (Å²) < 4.78 is 6.81. The van der Waals surface area contributed by atoms with Gasteiger partial charge in [-0.2, -0.15) is 0 Å². The monoisotopic (exact) mass is 438 g/mol. The van der Waals surface area contributed by atoms with Crippen molar-refractivity contribution < 1.29 is 14.3 Å². The minimum Gasteiger partial charge on any atom is -0.465 e. The lowest BCUT2D eigenvalue weighted by atomic mass is 10.0. The number of ether oxygens (including phenoxy) is 1. The minimum atomic E-state index is -0.482. The van der Waals surface area contributed by atoms with Gasteiger partial charge < -0.3 is 10.1 Å². The number of carbonyl (C=O) groups is 2. The van der Waals surface area contributed by atoms with E-state index in [1.807, 2.05) is 66.1 Å². The van der Waals surface area contributed by atoms with E-state index >= 15 is 0 Å². The molecule has 0 fully saturated rings. The minimum absolute atomic E-state index is 0.133. The largest absolute Gasteiger partial charge is 0.465 e. The molecule has 0 atom stereocenters. The Balaban J connectivity index is 1.56. The summed E-state index contributed by atoms with van der Waals surface area (Å²) in [5.74, 6) is -0.586. The molecule has 0 radical (unpaired) electrons. The lowest BCUT2D eigenvalue weighted by Gasteiger charge is -2.08. The zero-order valence-corrected chi connectivity index (χ0v) is 17.9. The molecule has 0 saturated heterocycles. The molecule has 152 valence electrons. The van der Waals surface area contributed by atoms with Gasteiger partial charge in [0, 0.05) is 16.6 Å². The number of benzene rings is 1. The van der Waals surface area contributed by atoms with Crippen molar-refractivity contribution in [3.8, 4) is 11.1 Å². The standard InChI is InChI=1S/C21H18N4O3S2/c1-13-17(14-8-4-3-5-9-14)18(20(27)28-2)19(30-13)22-16(26)12-29-21-24-23-15-10-6-7-11-25(15)21/h3-11H,12H2,1-2H3,(H,22,26). The van der Waals surface area contributed by atoms with Crippen LogP contribution in [-0.4, -0.2) is 39.3 Å². The fourth-order valence-corrected chi connectivity index (χ4v) is 4.90. The van der Waals surface area contributed by atoms with Crippen molar-refractivity contribution in [3.05, 3.63) is 65.2 Å². The number of thioether (sulfide) groups is 1. The molecule has 0 unspecified atom stereocenters. The molecule has 1 N–H and O–H groups in total. The predicted molar refractivity (Wildman–Crippen MR) is 118 cm³/mol. The fraction of sp³-hybridized carbons (Fsp3) is 0.143. The van der Waals surface area contributed by atoms with Crippen LogP contribution < -0.4 is 5.32 Å². The number of aryl methyl sites for hydroxylation is 1. The van der Waals surface area contributed by atoms with Crippen molar-refractivity contribution in [3.63, 3.8) is 0 Å². The van der Waals surface area contributed by atoms with E-state index < -0.39 is 5.97 Å². The number of carbonyl (C=O) groups excluding carboxylic acids is 2. The maximum absolute atomic E-state index is 12.6. The lowest BCUT2D eigenvalue weighted by molar-refractivity contribution is -0.113. The van der Waals surface area contributed by atoms with Crippen molar-refractivity contribution in [2.45, 2.75) is 12.1 Å². The molecule has 7 nitrogen and oxygen atoms in total. The SMILES string of the molecule is COC(=O)c1c(NC(=O)CSc2nnc3ccccn23)sc(C)c1-c1ccccc1. The quantitative estimate of drug-likeness (QED) is 0.357. The summed E-state index contributed by atoms with van der Waals surface area (Å²) >= 11 is 2.64. The summed E-state index contributed by atoms with van der Waals surface area (Å²) in [7, 11) is 1.34. The zero-order valence-electron chi connectivity index (χ0n) is 16.3. The van der Waals surface area contributed by atoms with Gasteiger partial charge in [-0.05, 0) is 24.6 Å². The van der Waals surface area contributed by atoms with Gasteiger partial charge in [0.2, 0.25) is 5.91 Å². The Kier molecular flexibility index (Phi) is 5.82. The van der Waals surface area contributed by atoms with Crippen molar-refractivity contribution in [2.75, 3.05) is 18.2 Å². The van der Waals surface area contributed by atoms with Crippen molar-refractivity contribution in [2.24, 2.45) is 0 Å². The van der Waals surface area contributed by atoms with Crippen molar-refractivity contribution in [1.29, 1.82) is 0 Å². The first-order valence-electron chi connectivity index (χ1n) is 9.08. The molecule has 4 aromatic rings. The van der Waals surface area contributed by atoms with Gasteiger partial charge in [0.25, 0.3) is 0 Å². The maximum Gasteiger partial charge on any atom is 0.341 e. The van der Waals surface area contributed by atoms with Crippen LogP contribution >= 0.6 is 23.1 Å². The molecule has 3 aromatic heterocycles. The third-order valence-electron chi connectivity index (χ3n) is 4.40. The number of nitrogens with one attached hydrogen (secondary N) is 1. The van der Waals surface area contributed by atoms with Gasteiger partial charge in [0.05, 0.1) is 12.9 Å². The van der Waals surface area contributed by atoms with Crippen LogP contribution in [0.25, 0.3) is 16.8 Å². The normalized spacial score (nSPS) is 10.9. The molecular formula is C21H18N4O3S2. The highest BCUT2D eigenvalue weighted by atomic mass is 32.2. The van der Waals surface area contributed by atoms with Gasteiger partial charge in [-0.3, -0.25) is 9.20 Å². The first kappa shape index (κ1) is 20.1. The van der Waals surface area contributed by atoms with Crippen LogP contribution in [0, 0.1) is 6.92 Å². The Morgan fingerprint density at radius 2 is 1.90 bits per heavy atom. The second-order valence-corrected chi connectivity index (χ2v) is 8.51. The van der Waals surface area contributed by atoms with Crippen LogP contribution in [0.1, 0.15) is 15.2 Å². The number of esters is 1. The van der Waals surface area contributed by atoms with Crippen LogP contribution in [0.2, 0.25) is 0 Å². The Labute approximate surface area is 181 Å². The van der Waals surface area contributed by atoms with Crippen LogP contribution in [0.5, 0.6) is 0 Å². The van der Waals surface area contributed by atoms with Crippen LogP contribution in [-0.2, 0) is 9.53 Å². The van der Waals surface area contributed by atoms with Crippen LogP contribution in [0.15, 0.2) is 59.9 Å². The number of amides is 1. The highest BCUT2D eigenvalue weighted by molar-refractivity contribution is 7.99. The number of fused-ring (bicyclic) bond motifs is 1. The first-order chi connectivity index (χ1) is 14.6. The Morgan fingerprint density at radius 1 is 1.13 bits per heavy atom. The Morgan fingerprint density at radius 3 is 2.67 bits per heavy atom. The highest BCUT2D eigenvalue weighted by Gasteiger charge is 2.25. The average molecular weight is 439 g/mol. The van der Waals surface area contributed by atoms with E-state index in [1.54, 1.807) is 0 Å². The summed E-state index contributed by atoms with van der Waals surface area (Å²) in [6.45, 7) is 1.92. The zero-order chi connectivity index (χ0) is 21.1. The molecule has 1 aromatic carbocycles. The third kappa shape index (κ3) is 3.94. The first-order valence-corrected chi connectivity index (χ1v) is 10.9. The van der Waals surface area contributed by atoms with Gasteiger partial charge in [-0.15, -0.1) is 21.5 Å². The molecule has 9 heteroatoms. The average Bonchev–Trinajstić information content (AvgIpc) is 3.32. The second kappa shape index (κ2) is 8.68. The van der Waals surface area contributed by atoms with E-state index in [-0.39, 0.29) is 11.7 Å². The number of pyridine rings is 1. The molecule has 0 saturated carbocycles.